The molecule has 77 heavy (non-hydrogen) atoms. The van der Waals surface area contributed by atoms with Crippen LogP contribution in [0.2, 0.25) is 0 Å². The zero-order valence-electron chi connectivity index (χ0n) is 53.6. The highest BCUT2D eigenvalue weighted by molar-refractivity contribution is 5.29. The first-order chi connectivity index (χ1) is 35.0. The zero-order valence-corrected chi connectivity index (χ0v) is 53.6. The normalized spacial score (nSPS) is 11.6. The molecule has 0 N–H and O–H groups in total. The van der Waals surface area contributed by atoms with Gasteiger partial charge in [0.1, 0.15) is 5.82 Å². The molecule has 0 amide bonds. The number of aryl methyl sites for hydroxylation is 7. The molecule has 8 nitrogen and oxygen atoms in total. The number of hydrogen-bond acceptors (Lipinski definition) is 8. The van der Waals surface area contributed by atoms with E-state index in [1.807, 2.05) is 95.5 Å². The summed E-state index contributed by atoms with van der Waals surface area (Å²) in [5, 5.41) is 0. The molecule has 7 aromatic heterocycles. The highest BCUT2D eigenvalue weighted by atomic mass is 14.8. The Morgan fingerprint density at radius 1 is 0.312 bits per heavy atom. The molecule has 0 fully saturated rings. The Bertz CT molecular complexity index is 2530. The minimum absolute atomic E-state index is 0.160. The Balaban J connectivity index is 0.000000449. The lowest BCUT2D eigenvalue weighted by molar-refractivity contribution is 0.567. The fourth-order valence-electron chi connectivity index (χ4n) is 7.14. The van der Waals surface area contributed by atoms with Crippen LogP contribution >= 0.6 is 0 Å². The van der Waals surface area contributed by atoms with E-state index < -0.39 is 0 Å². The molecule has 0 atom stereocenters. The molecule has 0 saturated carbocycles. The lowest BCUT2D eigenvalue weighted by Crippen LogP contribution is -2.13. The summed E-state index contributed by atoms with van der Waals surface area (Å²) in [6, 6.07) is 24.9. The van der Waals surface area contributed by atoms with Crippen LogP contribution in [0.25, 0.3) is 0 Å². The molecule has 7 aromatic rings. The van der Waals surface area contributed by atoms with E-state index in [-0.39, 0.29) is 37.9 Å². The second-order valence-corrected chi connectivity index (χ2v) is 27.4. The lowest BCUT2D eigenvalue weighted by Gasteiger charge is -2.20. The van der Waals surface area contributed by atoms with Gasteiger partial charge in [0.05, 0.1) is 0 Å². The van der Waals surface area contributed by atoms with Crippen LogP contribution in [0, 0.1) is 48.5 Å². The third kappa shape index (κ3) is 27.7. The Morgan fingerprint density at radius 3 is 1.21 bits per heavy atom. The first-order valence-corrected chi connectivity index (χ1v) is 27.4. The second kappa shape index (κ2) is 29.6. The standard InChI is InChI=1S/6C10H15N.C9H14N2/c1-8-7-9(5-6-11-8)10(2,3)4;1-8-5-6-11-7-9(8)10(2,3)4;1-8-5-6-9(7-11-8)10(2,3)4;1-8-5-6-11-9(7-8)10(2,3)4;1-8-9(10(2,3)4)6-5-7-11-8;1-8-6-5-7-9(11-8)10(2,3)4;1-7-10-5-8(6-11-7)9(2,3)4/h6*5-7H,1-4H3;5-6H,1-4H3. The highest BCUT2D eigenvalue weighted by Crippen LogP contribution is 2.26. The van der Waals surface area contributed by atoms with E-state index in [0.717, 1.165) is 40.0 Å². The molecule has 0 spiro atoms. The van der Waals surface area contributed by atoms with Crippen molar-refractivity contribution in [1.29, 1.82) is 0 Å². The average Bonchev–Trinajstić information content (AvgIpc) is 3.29. The van der Waals surface area contributed by atoms with Gasteiger partial charge in [0.2, 0.25) is 0 Å². The van der Waals surface area contributed by atoms with Crippen LogP contribution in [-0.2, 0) is 37.9 Å². The number of rotatable bonds is 0. The fourth-order valence-corrected chi connectivity index (χ4v) is 7.14. The summed E-state index contributed by atoms with van der Waals surface area (Å²) < 4.78 is 0. The topological polar surface area (TPSA) is 103 Å². The molecular formula is C69H104N8. The predicted molar refractivity (Wildman–Crippen MR) is 332 cm³/mol. The Kier molecular flexibility index (Phi) is 26.6. The summed E-state index contributed by atoms with van der Waals surface area (Å²) in [4.78, 5) is 33.8. The van der Waals surface area contributed by atoms with Crippen LogP contribution in [0.15, 0.2) is 122 Å². The van der Waals surface area contributed by atoms with Gasteiger partial charge in [-0.15, -0.1) is 0 Å². The maximum Gasteiger partial charge on any atom is 0.125 e. The molecule has 0 bridgehead atoms. The molecule has 0 radical (unpaired) electrons. The van der Waals surface area contributed by atoms with Gasteiger partial charge in [-0.1, -0.05) is 164 Å². The number of aromatic nitrogens is 8. The minimum atomic E-state index is 0.160. The van der Waals surface area contributed by atoms with E-state index in [4.69, 9.17) is 0 Å². The zero-order chi connectivity index (χ0) is 59.4. The summed E-state index contributed by atoms with van der Waals surface area (Å²) in [5.74, 6) is 0.831. The molecule has 0 saturated heterocycles. The Morgan fingerprint density at radius 2 is 0.844 bits per heavy atom. The molecule has 0 aliphatic carbocycles. The van der Waals surface area contributed by atoms with Gasteiger partial charge in [-0.3, -0.25) is 29.9 Å². The first kappa shape index (κ1) is 69.0. The number of hydrogen-bond donors (Lipinski definition) is 0. The summed E-state index contributed by atoms with van der Waals surface area (Å²) in [6.45, 7) is 60.2. The van der Waals surface area contributed by atoms with Crippen molar-refractivity contribution in [1.82, 2.24) is 39.9 Å². The highest BCUT2D eigenvalue weighted by Gasteiger charge is 2.19. The SMILES string of the molecule is Cc1cc(C(C)(C)C)ccn1.Cc1ccc(C(C)(C)C)cn1.Cc1cccc(C(C)(C)C)n1.Cc1ccnc(C(C)(C)C)c1.Cc1ccncc1C(C)(C)C.Cc1ncc(C(C)(C)C)cn1.Cc1ncccc1C(C)(C)C. The molecule has 7 rings (SSSR count). The fraction of sp³-hybridized carbons (Fsp3) is 0.507. The van der Waals surface area contributed by atoms with Crippen LogP contribution in [0.3, 0.4) is 0 Å². The molecule has 0 aliphatic heterocycles. The van der Waals surface area contributed by atoms with Crippen molar-refractivity contribution < 1.29 is 0 Å². The van der Waals surface area contributed by atoms with Crippen molar-refractivity contribution in [2.45, 2.75) is 232 Å². The van der Waals surface area contributed by atoms with Gasteiger partial charge in [-0.2, -0.15) is 0 Å². The molecule has 0 aliphatic rings. The largest absolute Gasteiger partial charge is 0.264 e. The maximum absolute atomic E-state index is 4.44. The molecule has 8 heteroatoms. The summed E-state index contributed by atoms with van der Waals surface area (Å²) >= 11 is 0. The monoisotopic (exact) mass is 1040 g/mol. The molecule has 420 valence electrons. The van der Waals surface area contributed by atoms with E-state index in [0.29, 0.717) is 0 Å². The van der Waals surface area contributed by atoms with Crippen molar-refractivity contribution in [3.05, 3.63) is 201 Å². The third-order valence-electron chi connectivity index (χ3n) is 12.2. The van der Waals surface area contributed by atoms with Gasteiger partial charge >= 0.3 is 0 Å². The minimum Gasteiger partial charge on any atom is -0.264 e. The van der Waals surface area contributed by atoms with Gasteiger partial charge in [0, 0.05) is 94.6 Å². The van der Waals surface area contributed by atoms with Gasteiger partial charge in [-0.25, -0.2) is 9.97 Å². The van der Waals surface area contributed by atoms with Crippen LogP contribution in [0.1, 0.15) is 224 Å². The van der Waals surface area contributed by atoms with E-state index >= 15 is 0 Å². The van der Waals surface area contributed by atoms with Crippen molar-refractivity contribution in [2.24, 2.45) is 0 Å². The molecule has 7 heterocycles. The maximum atomic E-state index is 4.44. The van der Waals surface area contributed by atoms with Crippen LogP contribution in [0.5, 0.6) is 0 Å². The van der Waals surface area contributed by atoms with E-state index in [1.54, 1.807) is 0 Å². The van der Waals surface area contributed by atoms with Crippen molar-refractivity contribution >= 4 is 0 Å². The Hall–Kier alpha value is -6.02. The summed E-state index contributed by atoms with van der Waals surface area (Å²) in [5.41, 5.74) is 17.3. The van der Waals surface area contributed by atoms with Crippen LogP contribution in [-0.4, -0.2) is 39.9 Å². The smallest absolute Gasteiger partial charge is 0.125 e. The predicted octanol–water partition coefficient (Wildman–Crippen LogP) is 18.2. The van der Waals surface area contributed by atoms with Gasteiger partial charge in [0.25, 0.3) is 0 Å². The molecule has 0 aromatic carbocycles. The summed E-state index contributed by atoms with van der Waals surface area (Å²) in [6.07, 6.45) is 15.1. The Labute approximate surface area is 470 Å². The second-order valence-electron chi connectivity index (χ2n) is 27.4. The van der Waals surface area contributed by atoms with Crippen molar-refractivity contribution in [2.75, 3.05) is 0 Å². The van der Waals surface area contributed by atoms with E-state index in [9.17, 15) is 0 Å². The van der Waals surface area contributed by atoms with Crippen molar-refractivity contribution in [3.63, 3.8) is 0 Å². The number of pyridine rings is 6. The third-order valence-corrected chi connectivity index (χ3v) is 12.2. The quantitative estimate of drug-likeness (QED) is 0.148. The van der Waals surface area contributed by atoms with E-state index in [1.165, 1.54) is 38.9 Å². The van der Waals surface area contributed by atoms with Crippen LogP contribution in [0.4, 0.5) is 0 Å². The average molecular weight is 1050 g/mol. The van der Waals surface area contributed by atoms with Crippen LogP contribution < -0.4 is 0 Å². The van der Waals surface area contributed by atoms with Crippen molar-refractivity contribution in [3.8, 4) is 0 Å². The van der Waals surface area contributed by atoms with Gasteiger partial charge in [-0.05, 0) is 169 Å². The van der Waals surface area contributed by atoms with E-state index in [2.05, 4.69) is 261 Å². The lowest BCUT2D eigenvalue weighted by atomic mass is 9.86. The number of nitrogens with zero attached hydrogens (tertiary/aromatic N) is 8. The molecular weight excluding hydrogens is 941 g/mol. The van der Waals surface area contributed by atoms with Gasteiger partial charge in [0.15, 0.2) is 0 Å². The molecule has 0 unspecified atom stereocenters. The summed E-state index contributed by atoms with van der Waals surface area (Å²) in [7, 11) is 0. The first-order valence-electron chi connectivity index (χ1n) is 27.4. The van der Waals surface area contributed by atoms with Gasteiger partial charge < -0.3 is 0 Å².